The molecule has 0 aliphatic carbocycles. The summed E-state index contributed by atoms with van der Waals surface area (Å²) in [6.07, 6.45) is 1.94. The fourth-order valence-electron chi connectivity index (χ4n) is 4.21. The first kappa shape index (κ1) is 16.7. The summed E-state index contributed by atoms with van der Waals surface area (Å²) in [4.78, 5) is 28.1. The minimum atomic E-state index is -0.819. The standard InChI is InChI=1S/C16H26N2O5/c1-2-22-9-14(19)18-8-12-7-17(13-3-5-23-6-4-13)10-16(12,11-18)15(20)21/h12-13H,2-11H2,1H3,(H,20,21)/t12-,16-/m1/s1. The lowest BCUT2D eigenvalue weighted by atomic mass is 9.81. The Morgan fingerprint density at radius 3 is 2.61 bits per heavy atom. The summed E-state index contributed by atoms with van der Waals surface area (Å²) >= 11 is 0. The van der Waals surface area contributed by atoms with E-state index in [1.54, 1.807) is 4.90 Å². The maximum Gasteiger partial charge on any atom is 0.313 e. The third-order valence-electron chi connectivity index (χ3n) is 5.55. The number of ether oxygens (including phenoxy) is 2. The smallest absolute Gasteiger partial charge is 0.313 e. The van der Waals surface area contributed by atoms with Crippen molar-refractivity contribution >= 4 is 11.9 Å². The van der Waals surface area contributed by atoms with E-state index in [0.29, 0.717) is 32.3 Å². The molecule has 0 aromatic rings. The number of rotatable bonds is 5. The Morgan fingerprint density at radius 1 is 1.26 bits per heavy atom. The predicted octanol–water partition coefficient (Wildman–Crippen LogP) is 0.0469. The number of carbonyl (C=O) groups is 2. The van der Waals surface area contributed by atoms with Gasteiger partial charge < -0.3 is 19.5 Å². The third-order valence-corrected chi connectivity index (χ3v) is 5.55. The van der Waals surface area contributed by atoms with E-state index in [0.717, 1.165) is 32.6 Å². The Balaban J connectivity index is 1.67. The van der Waals surface area contributed by atoms with Crippen molar-refractivity contribution in [1.82, 2.24) is 9.80 Å². The molecule has 7 heteroatoms. The second kappa shape index (κ2) is 6.75. The van der Waals surface area contributed by atoms with Gasteiger partial charge in [0.25, 0.3) is 0 Å². The highest BCUT2D eigenvalue weighted by Crippen LogP contribution is 2.44. The van der Waals surface area contributed by atoms with Gasteiger partial charge in [-0.3, -0.25) is 14.5 Å². The molecule has 0 unspecified atom stereocenters. The number of hydrogen-bond donors (Lipinski definition) is 1. The maximum absolute atomic E-state index is 12.2. The highest BCUT2D eigenvalue weighted by molar-refractivity contribution is 5.82. The van der Waals surface area contributed by atoms with Gasteiger partial charge in [-0.2, -0.15) is 0 Å². The summed E-state index contributed by atoms with van der Waals surface area (Å²) in [5.41, 5.74) is -0.819. The second-order valence-electron chi connectivity index (χ2n) is 6.84. The van der Waals surface area contributed by atoms with Crippen molar-refractivity contribution in [3.8, 4) is 0 Å². The van der Waals surface area contributed by atoms with Crippen LogP contribution in [-0.2, 0) is 19.1 Å². The summed E-state index contributed by atoms with van der Waals surface area (Å²) in [6, 6.07) is 0.415. The van der Waals surface area contributed by atoms with Gasteiger partial charge in [-0.25, -0.2) is 0 Å². The first-order valence-corrected chi connectivity index (χ1v) is 8.47. The van der Waals surface area contributed by atoms with Gasteiger partial charge in [0.05, 0.1) is 0 Å². The van der Waals surface area contributed by atoms with Crippen LogP contribution >= 0.6 is 0 Å². The zero-order valence-corrected chi connectivity index (χ0v) is 13.7. The van der Waals surface area contributed by atoms with E-state index in [1.165, 1.54) is 0 Å². The summed E-state index contributed by atoms with van der Waals surface area (Å²) in [5.74, 6) is -0.864. The number of carboxylic acids is 1. The molecule has 3 saturated heterocycles. The average molecular weight is 326 g/mol. The van der Waals surface area contributed by atoms with Crippen molar-refractivity contribution in [2.75, 3.05) is 52.6 Å². The van der Waals surface area contributed by atoms with Gasteiger partial charge in [0.1, 0.15) is 12.0 Å². The van der Waals surface area contributed by atoms with Crippen molar-refractivity contribution in [3.05, 3.63) is 0 Å². The van der Waals surface area contributed by atoms with Crippen LogP contribution in [0.4, 0.5) is 0 Å². The van der Waals surface area contributed by atoms with E-state index >= 15 is 0 Å². The number of likely N-dealkylation sites (tertiary alicyclic amines) is 2. The van der Waals surface area contributed by atoms with E-state index in [1.807, 2.05) is 6.92 Å². The molecule has 2 atom stereocenters. The van der Waals surface area contributed by atoms with Crippen molar-refractivity contribution in [2.45, 2.75) is 25.8 Å². The van der Waals surface area contributed by atoms with Crippen LogP contribution in [-0.4, -0.2) is 85.4 Å². The normalized spacial score (nSPS) is 32.2. The molecule has 3 aliphatic rings. The van der Waals surface area contributed by atoms with Crippen LogP contribution < -0.4 is 0 Å². The number of amides is 1. The van der Waals surface area contributed by atoms with E-state index in [-0.39, 0.29) is 18.4 Å². The molecule has 23 heavy (non-hydrogen) atoms. The number of fused-ring (bicyclic) bond motifs is 1. The maximum atomic E-state index is 12.2. The highest BCUT2D eigenvalue weighted by atomic mass is 16.5. The zero-order chi connectivity index (χ0) is 16.4. The molecule has 7 nitrogen and oxygen atoms in total. The summed E-state index contributed by atoms with van der Waals surface area (Å²) in [6.45, 7) is 6.02. The monoisotopic (exact) mass is 326 g/mol. The van der Waals surface area contributed by atoms with Gasteiger partial charge >= 0.3 is 5.97 Å². The Bertz CT molecular complexity index is 465. The Labute approximate surface area is 136 Å². The van der Waals surface area contributed by atoms with E-state index in [2.05, 4.69) is 4.90 Å². The second-order valence-corrected chi connectivity index (χ2v) is 6.84. The number of hydrogen-bond acceptors (Lipinski definition) is 5. The molecular formula is C16H26N2O5. The van der Waals surface area contributed by atoms with Crippen LogP contribution in [0.5, 0.6) is 0 Å². The van der Waals surface area contributed by atoms with Crippen molar-refractivity contribution < 1.29 is 24.2 Å². The predicted molar refractivity (Wildman–Crippen MR) is 82.0 cm³/mol. The summed E-state index contributed by atoms with van der Waals surface area (Å²) in [7, 11) is 0. The van der Waals surface area contributed by atoms with Crippen LogP contribution in [0.1, 0.15) is 19.8 Å². The van der Waals surface area contributed by atoms with Crippen LogP contribution in [0.3, 0.4) is 0 Å². The molecule has 3 heterocycles. The first-order chi connectivity index (χ1) is 11.1. The van der Waals surface area contributed by atoms with Gasteiger partial charge in [0.2, 0.25) is 5.91 Å². The van der Waals surface area contributed by atoms with Gasteiger partial charge in [-0.15, -0.1) is 0 Å². The van der Waals surface area contributed by atoms with Crippen molar-refractivity contribution in [3.63, 3.8) is 0 Å². The van der Waals surface area contributed by atoms with Gasteiger partial charge in [0.15, 0.2) is 0 Å². The minimum absolute atomic E-state index is 0.00780. The quantitative estimate of drug-likeness (QED) is 0.769. The molecular weight excluding hydrogens is 300 g/mol. The summed E-state index contributed by atoms with van der Waals surface area (Å²) < 4.78 is 10.6. The molecule has 0 spiro atoms. The molecule has 0 aromatic heterocycles. The van der Waals surface area contributed by atoms with Gasteiger partial charge in [-0.1, -0.05) is 0 Å². The van der Waals surface area contributed by atoms with Crippen LogP contribution in [0, 0.1) is 11.3 Å². The molecule has 0 saturated carbocycles. The molecule has 0 radical (unpaired) electrons. The highest BCUT2D eigenvalue weighted by Gasteiger charge is 2.59. The first-order valence-electron chi connectivity index (χ1n) is 8.47. The lowest BCUT2D eigenvalue weighted by molar-refractivity contribution is -0.149. The number of carboxylic acid groups (broad SMARTS) is 1. The van der Waals surface area contributed by atoms with Crippen LogP contribution in [0.15, 0.2) is 0 Å². The molecule has 3 rings (SSSR count). The van der Waals surface area contributed by atoms with Crippen LogP contribution in [0.25, 0.3) is 0 Å². The summed E-state index contributed by atoms with van der Waals surface area (Å²) in [5, 5.41) is 9.85. The molecule has 1 amide bonds. The van der Waals surface area contributed by atoms with Crippen molar-refractivity contribution in [1.29, 1.82) is 0 Å². The Morgan fingerprint density at radius 2 is 2.00 bits per heavy atom. The Kier molecular flexibility index (Phi) is 4.89. The molecule has 3 aliphatic heterocycles. The fourth-order valence-corrected chi connectivity index (χ4v) is 4.21. The Hall–Kier alpha value is -1.18. The van der Waals surface area contributed by atoms with Crippen LogP contribution in [0.2, 0.25) is 0 Å². The lowest BCUT2D eigenvalue weighted by Crippen LogP contribution is -2.45. The lowest BCUT2D eigenvalue weighted by Gasteiger charge is -2.33. The number of nitrogens with zero attached hydrogens (tertiary/aromatic N) is 2. The topological polar surface area (TPSA) is 79.3 Å². The molecule has 1 N–H and O–H groups in total. The van der Waals surface area contributed by atoms with Crippen molar-refractivity contribution in [2.24, 2.45) is 11.3 Å². The van der Waals surface area contributed by atoms with Gasteiger partial charge in [0, 0.05) is 58.0 Å². The fraction of sp³-hybridized carbons (Fsp3) is 0.875. The molecule has 0 aromatic carbocycles. The number of carbonyl (C=O) groups excluding carboxylic acids is 1. The molecule has 130 valence electrons. The van der Waals surface area contributed by atoms with E-state index < -0.39 is 11.4 Å². The van der Waals surface area contributed by atoms with Gasteiger partial charge in [-0.05, 0) is 19.8 Å². The third kappa shape index (κ3) is 3.09. The molecule has 3 fully saturated rings. The number of aliphatic carboxylic acids is 1. The zero-order valence-electron chi connectivity index (χ0n) is 13.7. The molecule has 0 bridgehead atoms. The average Bonchev–Trinajstić information content (AvgIpc) is 3.09. The SMILES string of the molecule is CCOCC(=O)N1C[C@H]2CN(C3CCOCC3)C[C@@]2(C(=O)O)C1. The van der Waals surface area contributed by atoms with E-state index in [4.69, 9.17) is 9.47 Å². The minimum Gasteiger partial charge on any atom is -0.481 e. The largest absolute Gasteiger partial charge is 0.481 e. The van der Waals surface area contributed by atoms with E-state index in [9.17, 15) is 14.7 Å².